The number of benzene rings is 1. The fourth-order valence-electron chi connectivity index (χ4n) is 7.51. The Balaban J connectivity index is 0.0000336. The van der Waals surface area contributed by atoms with Crippen LogP contribution in [0.3, 0.4) is 0 Å². The van der Waals surface area contributed by atoms with E-state index in [1.807, 2.05) is 12.2 Å². The summed E-state index contributed by atoms with van der Waals surface area (Å²) in [5.74, 6) is -1.93. The molecular formula is C50H85KO7S. The van der Waals surface area contributed by atoms with Gasteiger partial charge >= 0.3 is 63.3 Å². The van der Waals surface area contributed by atoms with Crippen molar-refractivity contribution in [3.63, 3.8) is 0 Å². The van der Waals surface area contributed by atoms with E-state index < -0.39 is 32.5 Å². The van der Waals surface area contributed by atoms with Crippen molar-refractivity contribution in [2.45, 2.75) is 237 Å². The summed E-state index contributed by atoms with van der Waals surface area (Å²) in [6.45, 7) is 4.41. The summed E-state index contributed by atoms with van der Waals surface area (Å²) in [6.07, 6.45) is 51.4. The predicted molar refractivity (Wildman–Crippen MR) is 242 cm³/mol. The SMILES string of the molecule is CCCCCCCCCCCCCCCCCC/C=C/COC(=O)c1cccc(S(=O)(=O)[O-])c1C(=O)OC/C=C/CCCCCCCCCCCCCCCCCC.[K+]. The second-order valence-corrected chi connectivity index (χ2v) is 17.8. The van der Waals surface area contributed by atoms with Crippen molar-refractivity contribution in [3.8, 4) is 0 Å². The average Bonchev–Trinajstić information content (AvgIpc) is 3.21. The second kappa shape index (κ2) is 42.5. The normalized spacial score (nSPS) is 11.7. The van der Waals surface area contributed by atoms with Crippen molar-refractivity contribution in [1.82, 2.24) is 0 Å². The first-order chi connectivity index (χ1) is 28.3. The first kappa shape index (κ1) is 58.2. The fourth-order valence-corrected chi connectivity index (χ4v) is 8.20. The molecule has 0 atom stereocenters. The zero-order valence-corrected chi connectivity index (χ0v) is 42.2. The van der Waals surface area contributed by atoms with E-state index in [0.717, 1.165) is 38.2 Å². The third-order valence-electron chi connectivity index (χ3n) is 11.1. The minimum Gasteiger partial charge on any atom is -0.744 e. The summed E-state index contributed by atoms with van der Waals surface area (Å²) in [7, 11) is -5.04. The third-order valence-corrected chi connectivity index (χ3v) is 12.0. The maximum absolute atomic E-state index is 13.0. The molecule has 0 aliphatic heterocycles. The molecule has 0 aliphatic carbocycles. The van der Waals surface area contributed by atoms with Gasteiger partial charge in [0.05, 0.1) is 16.0 Å². The Labute approximate surface area is 405 Å². The number of esters is 2. The molecule has 0 fully saturated rings. The Morgan fingerprint density at radius 2 is 0.780 bits per heavy atom. The largest absolute Gasteiger partial charge is 1.00 e. The molecule has 0 spiro atoms. The molecule has 0 unspecified atom stereocenters. The molecule has 1 rings (SSSR count). The van der Waals surface area contributed by atoms with E-state index in [4.69, 9.17) is 9.47 Å². The van der Waals surface area contributed by atoms with Crippen molar-refractivity contribution in [3.05, 3.63) is 53.6 Å². The van der Waals surface area contributed by atoms with Crippen LogP contribution in [0.5, 0.6) is 0 Å². The third kappa shape index (κ3) is 34.4. The molecule has 0 bridgehead atoms. The van der Waals surface area contributed by atoms with Crippen molar-refractivity contribution in [2.24, 2.45) is 0 Å². The van der Waals surface area contributed by atoms with Crippen molar-refractivity contribution < 1.29 is 83.4 Å². The van der Waals surface area contributed by atoms with Gasteiger partial charge in [-0.3, -0.25) is 0 Å². The predicted octanol–water partition coefficient (Wildman–Crippen LogP) is 12.3. The first-order valence-corrected chi connectivity index (χ1v) is 25.5. The number of ether oxygens (including phenoxy) is 2. The molecule has 7 nitrogen and oxygen atoms in total. The van der Waals surface area contributed by atoms with E-state index in [2.05, 4.69) is 13.8 Å². The number of hydrogen-bond donors (Lipinski definition) is 0. The van der Waals surface area contributed by atoms with Crippen LogP contribution in [-0.4, -0.2) is 38.1 Å². The van der Waals surface area contributed by atoms with E-state index in [-0.39, 0.29) is 70.2 Å². The minimum absolute atomic E-state index is 0. The van der Waals surface area contributed by atoms with Gasteiger partial charge in [0.1, 0.15) is 23.3 Å². The van der Waals surface area contributed by atoms with Gasteiger partial charge in [-0.1, -0.05) is 237 Å². The quantitative estimate of drug-likeness (QED) is 0.0212. The van der Waals surface area contributed by atoms with Gasteiger partial charge in [0.2, 0.25) is 0 Å². The molecule has 0 saturated heterocycles. The number of allylic oxidation sites excluding steroid dienone is 2. The zero-order valence-electron chi connectivity index (χ0n) is 38.3. The Hall–Kier alpha value is -0.814. The number of carbonyl (C=O) groups excluding carboxylic acids is 2. The van der Waals surface area contributed by atoms with Gasteiger partial charge < -0.3 is 14.0 Å². The summed E-state index contributed by atoms with van der Waals surface area (Å²) in [5, 5.41) is 0. The van der Waals surface area contributed by atoms with Gasteiger partial charge in [0.25, 0.3) is 0 Å². The van der Waals surface area contributed by atoms with Crippen LogP contribution in [0, 0.1) is 0 Å². The fraction of sp³-hybridized carbons (Fsp3) is 0.760. The average molecular weight is 869 g/mol. The van der Waals surface area contributed by atoms with Crippen molar-refractivity contribution >= 4 is 22.1 Å². The van der Waals surface area contributed by atoms with Gasteiger partial charge in [0, 0.05) is 0 Å². The van der Waals surface area contributed by atoms with Gasteiger partial charge in [0.15, 0.2) is 0 Å². The van der Waals surface area contributed by atoms with Crippen LogP contribution in [0.1, 0.15) is 253 Å². The molecule has 0 N–H and O–H groups in total. The zero-order chi connectivity index (χ0) is 42.2. The molecular weight excluding hydrogens is 784 g/mol. The van der Waals surface area contributed by atoms with E-state index >= 15 is 0 Å². The minimum atomic E-state index is -5.04. The number of hydrogen-bond acceptors (Lipinski definition) is 7. The number of rotatable bonds is 41. The Morgan fingerprint density at radius 1 is 0.475 bits per heavy atom. The summed E-state index contributed by atoms with van der Waals surface area (Å²) < 4.78 is 46.6. The van der Waals surface area contributed by atoms with Crippen LogP contribution >= 0.6 is 0 Å². The molecule has 0 saturated carbocycles. The van der Waals surface area contributed by atoms with E-state index in [0.29, 0.717) is 0 Å². The van der Waals surface area contributed by atoms with Crippen LogP contribution in [0.15, 0.2) is 47.4 Å². The van der Waals surface area contributed by atoms with Gasteiger partial charge in [-0.05, 0) is 37.8 Å². The molecule has 0 aromatic heterocycles. The molecule has 0 amide bonds. The van der Waals surface area contributed by atoms with Crippen LogP contribution < -0.4 is 51.4 Å². The maximum Gasteiger partial charge on any atom is 1.00 e. The monoisotopic (exact) mass is 869 g/mol. The standard InChI is InChI=1S/C50H86O7S.K/c1-3-5-7-9-11-13-15-17-19-21-23-25-27-29-31-33-35-37-39-44-56-49(51)46-42-41-43-47(58(53,54)55)48(46)50(52)57-45-40-38-36-34-32-30-28-26-24-22-20-18-16-14-12-10-8-6-4-2;/h37-43H,3-36,44-45H2,1-2H3,(H,53,54,55);/q;+1/p-1/b39-37+,40-38+;. The second-order valence-electron chi connectivity index (χ2n) is 16.5. The first-order valence-electron chi connectivity index (χ1n) is 24.1. The van der Waals surface area contributed by atoms with Crippen LogP contribution in [0.25, 0.3) is 0 Å². The molecule has 1 aromatic carbocycles. The molecule has 9 heteroatoms. The van der Waals surface area contributed by atoms with Crippen molar-refractivity contribution in [1.29, 1.82) is 0 Å². The molecule has 59 heavy (non-hydrogen) atoms. The van der Waals surface area contributed by atoms with E-state index in [9.17, 15) is 22.6 Å². The van der Waals surface area contributed by atoms with Gasteiger partial charge in [-0.25, -0.2) is 18.0 Å². The number of carbonyl (C=O) groups is 2. The summed E-state index contributed by atoms with van der Waals surface area (Å²) >= 11 is 0. The Morgan fingerprint density at radius 3 is 1.10 bits per heavy atom. The molecule has 0 aliphatic rings. The smallest absolute Gasteiger partial charge is 0.744 e. The molecule has 0 heterocycles. The molecule has 1 aromatic rings. The Kier molecular flexibility index (Phi) is 41.9. The summed E-state index contributed by atoms with van der Waals surface area (Å²) in [6, 6.07) is 3.55. The van der Waals surface area contributed by atoms with Crippen LogP contribution in [-0.2, 0) is 19.6 Å². The van der Waals surface area contributed by atoms with E-state index in [1.165, 1.54) is 198 Å². The Bertz CT molecular complexity index is 1310. The number of unbranched alkanes of at least 4 members (excludes halogenated alkanes) is 32. The summed E-state index contributed by atoms with van der Waals surface area (Å²) in [4.78, 5) is 25.1. The van der Waals surface area contributed by atoms with E-state index in [1.54, 1.807) is 12.2 Å². The van der Waals surface area contributed by atoms with Gasteiger partial charge in [-0.15, -0.1) is 0 Å². The van der Waals surface area contributed by atoms with Crippen molar-refractivity contribution in [2.75, 3.05) is 13.2 Å². The van der Waals surface area contributed by atoms with Crippen LogP contribution in [0.2, 0.25) is 0 Å². The maximum atomic E-state index is 13.0. The van der Waals surface area contributed by atoms with Crippen LogP contribution in [0.4, 0.5) is 0 Å². The topological polar surface area (TPSA) is 110 Å². The van der Waals surface area contributed by atoms with Gasteiger partial charge in [-0.2, -0.15) is 0 Å². The summed E-state index contributed by atoms with van der Waals surface area (Å²) in [5.41, 5.74) is -0.879. The molecule has 334 valence electrons. The molecule has 0 radical (unpaired) electrons.